The van der Waals surface area contributed by atoms with E-state index >= 15 is 0 Å². The van der Waals surface area contributed by atoms with Crippen molar-refractivity contribution in [3.63, 3.8) is 0 Å². The summed E-state index contributed by atoms with van der Waals surface area (Å²) >= 11 is 1.57. The molecular formula is C24H21FN6S. The summed E-state index contributed by atoms with van der Waals surface area (Å²) < 4.78 is 15.3. The topological polar surface area (TPSA) is 71.4 Å². The number of aryl methyl sites for hydroxylation is 1. The summed E-state index contributed by atoms with van der Waals surface area (Å²) in [6.07, 6.45) is 3.74. The summed E-state index contributed by atoms with van der Waals surface area (Å²) in [5.74, 6) is -0.239. The van der Waals surface area contributed by atoms with Gasteiger partial charge in [-0.1, -0.05) is 53.8 Å². The first-order chi connectivity index (χ1) is 15.7. The van der Waals surface area contributed by atoms with Crippen LogP contribution in [0.3, 0.4) is 0 Å². The monoisotopic (exact) mass is 444 g/mol. The van der Waals surface area contributed by atoms with Crippen molar-refractivity contribution in [3.05, 3.63) is 95.7 Å². The second kappa shape index (κ2) is 8.76. The van der Waals surface area contributed by atoms with Crippen LogP contribution in [-0.2, 0) is 13.1 Å². The number of benzene rings is 2. The third-order valence-electron chi connectivity index (χ3n) is 5.11. The lowest BCUT2D eigenvalue weighted by Crippen LogP contribution is -2.00. The first-order valence-electron chi connectivity index (χ1n) is 10.2. The molecule has 0 bridgehead atoms. The minimum atomic E-state index is -0.239. The number of hydrogen-bond donors (Lipinski definition) is 2. The summed E-state index contributed by atoms with van der Waals surface area (Å²) in [7, 11) is 0. The van der Waals surface area contributed by atoms with Gasteiger partial charge >= 0.3 is 0 Å². The lowest BCUT2D eigenvalue weighted by Gasteiger charge is -2.04. The van der Waals surface area contributed by atoms with E-state index in [1.165, 1.54) is 12.1 Å². The molecule has 0 aliphatic heterocycles. The Bertz CT molecular complexity index is 1340. The van der Waals surface area contributed by atoms with E-state index in [0.717, 1.165) is 43.8 Å². The molecule has 0 radical (unpaired) electrons. The summed E-state index contributed by atoms with van der Waals surface area (Å²) in [6, 6.07) is 18.7. The van der Waals surface area contributed by atoms with Gasteiger partial charge in [0, 0.05) is 18.3 Å². The molecule has 3 aromatic heterocycles. The maximum Gasteiger partial charge on any atom is 0.183 e. The molecule has 5 aromatic rings. The van der Waals surface area contributed by atoms with Crippen LogP contribution in [0.4, 0.5) is 9.52 Å². The van der Waals surface area contributed by atoms with Crippen molar-refractivity contribution in [3.8, 4) is 21.8 Å². The minimum Gasteiger partial charge on any atom is -0.357 e. The van der Waals surface area contributed by atoms with Gasteiger partial charge in [-0.3, -0.25) is 9.78 Å². The van der Waals surface area contributed by atoms with Gasteiger partial charge in [-0.2, -0.15) is 10.2 Å². The lowest BCUT2D eigenvalue weighted by molar-refractivity contribution is 0.619. The van der Waals surface area contributed by atoms with Crippen LogP contribution >= 0.6 is 11.3 Å². The number of H-pyrrole nitrogens is 1. The smallest absolute Gasteiger partial charge is 0.183 e. The highest BCUT2D eigenvalue weighted by Crippen LogP contribution is 2.32. The van der Waals surface area contributed by atoms with Crippen molar-refractivity contribution in [2.24, 2.45) is 0 Å². The molecule has 0 amide bonds. The van der Waals surface area contributed by atoms with Gasteiger partial charge in [-0.05, 0) is 36.2 Å². The van der Waals surface area contributed by atoms with Crippen molar-refractivity contribution in [1.82, 2.24) is 25.0 Å². The van der Waals surface area contributed by atoms with Crippen LogP contribution in [0.1, 0.15) is 16.8 Å². The van der Waals surface area contributed by atoms with Crippen LogP contribution in [0.25, 0.3) is 21.8 Å². The van der Waals surface area contributed by atoms with Gasteiger partial charge in [0.25, 0.3) is 0 Å². The molecule has 8 heteroatoms. The molecule has 0 fully saturated rings. The molecule has 160 valence electrons. The first kappa shape index (κ1) is 20.1. The van der Waals surface area contributed by atoms with Gasteiger partial charge in [-0.15, -0.1) is 0 Å². The summed E-state index contributed by atoms with van der Waals surface area (Å²) in [6.45, 7) is 3.11. The first-order valence-corrected chi connectivity index (χ1v) is 11.0. The molecule has 0 spiro atoms. The molecule has 0 saturated carbocycles. The van der Waals surface area contributed by atoms with Crippen LogP contribution in [0.15, 0.2) is 73.1 Å². The Kier molecular flexibility index (Phi) is 5.51. The van der Waals surface area contributed by atoms with Crippen LogP contribution in [-0.4, -0.2) is 25.0 Å². The van der Waals surface area contributed by atoms with E-state index in [0.29, 0.717) is 13.1 Å². The molecule has 3 heterocycles. The average molecular weight is 445 g/mol. The standard InChI is InChI=1S/C24H21FN6S/c1-16-23(21-10-11-31(30-21)15-17-6-5-9-20(25)12-17)32-24(28-16)26-13-19-14-27-29-22(19)18-7-3-2-4-8-18/h2-12,14H,13,15H2,1H3,(H,26,28)(H,27,29). The molecule has 5 rings (SSSR count). The van der Waals surface area contributed by atoms with Gasteiger partial charge in [0.05, 0.1) is 29.0 Å². The van der Waals surface area contributed by atoms with Crippen LogP contribution in [0.2, 0.25) is 0 Å². The van der Waals surface area contributed by atoms with E-state index in [9.17, 15) is 4.39 Å². The maximum atomic E-state index is 13.4. The molecule has 2 aromatic carbocycles. The van der Waals surface area contributed by atoms with E-state index < -0.39 is 0 Å². The number of nitrogens with one attached hydrogen (secondary N) is 2. The van der Waals surface area contributed by atoms with Gasteiger partial charge in [0.15, 0.2) is 5.13 Å². The van der Waals surface area contributed by atoms with Crippen molar-refractivity contribution in [2.45, 2.75) is 20.0 Å². The van der Waals surface area contributed by atoms with Crippen LogP contribution in [0.5, 0.6) is 0 Å². The van der Waals surface area contributed by atoms with E-state index in [1.807, 2.05) is 54.3 Å². The normalized spacial score (nSPS) is 11.1. The predicted octanol–water partition coefficient (Wildman–Crippen LogP) is 5.50. The van der Waals surface area contributed by atoms with Crippen molar-refractivity contribution in [1.29, 1.82) is 0 Å². The van der Waals surface area contributed by atoms with E-state index in [2.05, 4.69) is 37.7 Å². The Hall–Kier alpha value is -3.78. The fourth-order valence-electron chi connectivity index (χ4n) is 3.57. The van der Waals surface area contributed by atoms with Gasteiger partial charge < -0.3 is 5.32 Å². The lowest BCUT2D eigenvalue weighted by atomic mass is 10.1. The molecule has 0 aliphatic carbocycles. The largest absolute Gasteiger partial charge is 0.357 e. The van der Waals surface area contributed by atoms with Crippen LogP contribution in [0, 0.1) is 12.7 Å². The van der Waals surface area contributed by atoms with Crippen molar-refractivity contribution < 1.29 is 4.39 Å². The molecule has 32 heavy (non-hydrogen) atoms. The van der Waals surface area contributed by atoms with Gasteiger partial charge in [-0.25, -0.2) is 9.37 Å². The quantitative estimate of drug-likeness (QED) is 0.347. The fraction of sp³-hybridized carbons (Fsp3) is 0.125. The highest BCUT2D eigenvalue weighted by atomic mass is 32.1. The Morgan fingerprint density at radius 2 is 1.97 bits per heavy atom. The number of rotatable bonds is 7. The third kappa shape index (κ3) is 4.31. The summed E-state index contributed by atoms with van der Waals surface area (Å²) in [4.78, 5) is 5.69. The zero-order valence-corrected chi connectivity index (χ0v) is 18.2. The van der Waals surface area contributed by atoms with Gasteiger partial charge in [0.1, 0.15) is 11.5 Å². The Labute approximate surface area is 188 Å². The minimum absolute atomic E-state index is 0.239. The Morgan fingerprint density at radius 3 is 2.81 bits per heavy atom. The average Bonchev–Trinajstić information content (AvgIpc) is 3.53. The van der Waals surface area contributed by atoms with E-state index in [1.54, 1.807) is 17.4 Å². The Balaban J connectivity index is 1.29. The van der Waals surface area contributed by atoms with Crippen molar-refractivity contribution >= 4 is 16.5 Å². The maximum absolute atomic E-state index is 13.4. The second-order valence-corrected chi connectivity index (χ2v) is 8.45. The predicted molar refractivity (Wildman–Crippen MR) is 125 cm³/mol. The Morgan fingerprint density at radius 1 is 1.09 bits per heavy atom. The number of thiazole rings is 1. The summed E-state index contributed by atoms with van der Waals surface area (Å²) in [5, 5.41) is 16.2. The number of aromatic amines is 1. The second-order valence-electron chi connectivity index (χ2n) is 7.45. The molecule has 6 nitrogen and oxygen atoms in total. The highest BCUT2D eigenvalue weighted by Gasteiger charge is 2.14. The van der Waals surface area contributed by atoms with Crippen LogP contribution < -0.4 is 5.32 Å². The number of anilines is 1. The molecule has 0 saturated heterocycles. The SMILES string of the molecule is Cc1nc(NCc2cn[nH]c2-c2ccccc2)sc1-c1ccn(Cc2cccc(F)c2)n1. The molecule has 2 N–H and O–H groups in total. The van der Waals surface area contributed by atoms with Crippen molar-refractivity contribution in [2.75, 3.05) is 5.32 Å². The number of aromatic nitrogens is 5. The zero-order valence-electron chi connectivity index (χ0n) is 17.4. The third-order valence-corrected chi connectivity index (χ3v) is 6.25. The molecular weight excluding hydrogens is 423 g/mol. The molecule has 0 atom stereocenters. The van der Waals surface area contributed by atoms with E-state index in [4.69, 9.17) is 0 Å². The number of halogens is 1. The van der Waals surface area contributed by atoms with E-state index in [-0.39, 0.29) is 5.82 Å². The molecule has 0 unspecified atom stereocenters. The molecule has 0 aliphatic rings. The number of nitrogens with zero attached hydrogens (tertiary/aromatic N) is 4. The zero-order chi connectivity index (χ0) is 21.9. The fourth-order valence-corrected chi connectivity index (χ4v) is 4.50. The highest BCUT2D eigenvalue weighted by molar-refractivity contribution is 7.19. The number of hydrogen-bond acceptors (Lipinski definition) is 5. The summed E-state index contributed by atoms with van der Waals surface area (Å²) in [5.41, 5.74) is 5.83. The van der Waals surface area contributed by atoms with Gasteiger partial charge in [0.2, 0.25) is 0 Å².